The van der Waals surface area contributed by atoms with E-state index in [1.807, 2.05) is 66.7 Å². The van der Waals surface area contributed by atoms with Gasteiger partial charge in [0.05, 0.1) is 22.8 Å². The number of ether oxygens (including phenoxy) is 1. The van der Waals surface area contributed by atoms with Gasteiger partial charge in [-0.3, -0.25) is 0 Å². The van der Waals surface area contributed by atoms with E-state index < -0.39 is 5.97 Å². The molecular weight excluding hydrogens is 428 g/mol. The Morgan fingerprint density at radius 2 is 1.91 bits per heavy atom. The smallest absolute Gasteiger partial charge is 0.338 e. The highest BCUT2D eigenvalue weighted by atomic mass is 35.5. The Morgan fingerprint density at radius 3 is 2.72 bits per heavy atom. The Morgan fingerprint density at radius 1 is 1.06 bits per heavy atom. The summed E-state index contributed by atoms with van der Waals surface area (Å²) in [7, 11) is 0. The van der Waals surface area contributed by atoms with Gasteiger partial charge in [-0.15, -0.1) is 0 Å². The topological polar surface area (TPSA) is 93.0 Å². The van der Waals surface area contributed by atoms with E-state index in [9.17, 15) is 4.79 Å². The summed E-state index contributed by atoms with van der Waals surface area (Å²) in [4.78, 5) is 18.8. The quantitative estimate of drug-likeness (QED) is 0.368. The van der Waals surface area contributed by atoms with Crippen LogP contribution in [0.25, 0.3) is 28.1 Å². The van der Waals surface area contributed by atoms with Crippen molar-refractivity contribution in [2.24, 2.45) is 0 Å². The van der Waals surface area contributed by atoms with Gasteiger partial charge >= 0.3 is 5.97 Å². The summed E-state index contributed by atoms with van der Waals surface area (Å²) in [6, 6.07) is 21.3. The maximum atomic E-state index is 11.1. The molecule has 0 unspecified atom stereocenters. The van der Waals surface area contributed by atoms with E-state index in [1.165, 1.54) is 17.1 Å². The lowest BCUT2D eigenvalue weighted by molar-refractivity contribution is 0.0697. The van der Waals surface area contributed by atoms with Gasteiger partial charge in [0.15, 0.2) is 0 Å². The van der Waals surface area contributed by atoms with Crippen LogP contribution in [0.15, 0.2) is 79.1 Å². The normalized spacial score (nSPS) is 11.0. The molecule has 2 heterocycles. The number of aromatic amines is 1. The summed E-state index contributed by atoms with van der Waals surface area (Å²) in [5, 5.41) is 13.8. The molecule has 7 nitrogen and oxygen atoms in total. The van der Waals surface area contributed by atoms with Crippen molar-refractivity contribution in [1.82, 2.24) is 19.7 Å². The molecule has 0 aliphatic carbocycles. The summed E-state index contributed by atoms with van der Waals surface area (Å²) in [5.74, 6) is 0.151. The molecular formula is C24H17ClN4O3. The van der Waals surface area contributed by atoms with Crippen molar-refractivity contribution >= 4 is 28.6 Å². The average Bonchev–Trinajstić information content (AvgIpc) is 3.45. The number of fused-ring (bicyclic) bond motifs is 1. The molecule has 0 saturated carbocycles. The Hall–Kier alpha value is -4.10. The monoisotopic (exact) mass is 444 g/mol. The third kappa shape index (κ3) is 3.93. The number of carboxylic acids is 1. The second-order valence-corrected chi connectivity index (χ2v) is 7.59. The first kappa shape index (κ1) is 19.8. The lowest BCUT2D eigenvalue weighted by Gasteiger charge is -2.09. The zero-order valence-electron chi connectivity index (χ0n) is 16.7. The fourth-order valence-electron chi connectivity index (χ4n) is 3.38. The molecule has 0 amide bonds. The number of rotatable bonds is 6. The molecule has 0 spiro atoms. The van der Waals surface area contributed by atoms with Crippen molar-refractivity contribution in [2.45, 2.75) is 6.61 Å². The SMILES string of the molecule is O=C(O)c1cnn(-c2nc3ccc(-c4cccc(OCc5ccccc5Cl)c4)cc3[nH]2)c1. The first-order chi connectivity index (χ1) is 15.6. The number of H-pyrrole nitrogens is 1. The molecule has 0 bridgehead atoms. The van der Waals surface area contributed by atoms with E-state index in [0.29, 0.717) is 17.6 Å². The van der Waals surface area contributed by atoms with Crippen LogP contribution in [0.4, 0.5) is 0 Å². The molecule has 158 valence electrons. The van der Waals surface area contributed by atoms with Crippen molar-refractivity contribution in [2.75, 3.05) is 0 Å². The Labute approximate surface area is 187 Å². The highest BCUT2D eigenvalue weighted by Crippen LogP contribution is 2.28. The van der Waals surface area contributed by atoms with Crippen LogP contribution < -0.4 is 4.74 Å². The Bertz CT molecular complexity index is 1440. The van der Waals surface area contributed by atoms with Gasteiger partial charge in [0, 0.05) is 16.8 Å². The van der Waals surface area contributed by atoms with Gasteiger partial charge in [-0.25, -0.2) is 14.5 Å². The molecule has 5 rings (SSSR count). The molecule has 3 aromatic carbocycles. The Kier molecular flexibility index (Phi) is 5.09. The molecule has 32 heavy (non-hydrogen) atoms. The van der Waals surface area contributed by atoms with E-state index in [-0.39, 0.29) is 5.56 Å². The minimum absolute atomic E-state index is 0.0970. The standard InChI is InChI=1S/C24H17ClN4O3/c25-20-7-2-1-4-17(20)14-32-19-6-3-5-15(10-19)16-8-9-21-22(11-16)28-24(27-21)29-13-18(12-26-29)23(30)31/h1-13H,14H2,(H,27,28)(H,30,31). The number of hydrogen-bond acceptors (Lipinski definition) is 4. The number of benzene rings is 3. The predicted molar refractivity (Wildman–Crippen MR) is 121 cm³/mol. The lowest BCUT2D eigenvalue weighted by atomic mass is 10.0. The van der Waals surface area contributed by atoms with Gasteiger partial charge in [0.1, 0.15) is 12.4 Å². The zero-order chi connectivity index (χ0) is 22.1. The highest BCUT2D eigenvalue weighted by Gasteiger charge is 2.11. The van der Waals surface area contributed by atoms with Gasteiger partial charge in [-0.05, 0) is 41.5 Å². The second kappa shape index (κ2) is 8.20. The maximum Gasteiger partial charge on any atom is 0.338 e. The van der Waals surface area contributed by atoms with E-state index in [4.69, 9.17) is 21.4 Å². The van der Waals surface area contributed by atoms with Crippen molar-refractivity contribution < 1.29 is 14.6 Å². The highest BCUT2D eigenvalue weighted by molar-refractivity contribution is 6.31. The molecule has 0 fully saturated rings. The number of aromatic carboxylic acids is 1. The molecule has 0 aliphatic rings. The van der Waals surface area contributed by atoms with Crippen LogP contribution in [0.5, 0.6) is 5.75 Å². The molecule has 0 saturated heterocycles. The molecule has 0 atom stereocenters. The van der Waals surface area contributed by atoms with E-state index in [2.05, 4.69) is 15.1 Å². The number of aromatic nitrogens is 4. The summed E-state index contributed by atoms with van der Waals surface area (Å²) in [6.07, 6.45) is 2.70. The van der Waals surface area contributed by atoms with Crippen LogP contribution in [0.3, 0.4) is 0 Å². The number of carbonyl (C=O) groups is 1. The predicted octanol–water partition coefficient (Wildman–Crippen LogP) is 5.35. The number of carboxylic acid groups (broad SMARTS) is 1. The zero-order valence-corrected chi connectivity index (χ0v) is 17.5. The van der Waals surface area contributed by atoms with Crippen LogP contribution in [0, 0.1) is 0 Å². The molecule has 8 heteroatoms. The van der Waals surface area contributed by atoms with Crippen molar-refractivity contribution in [3.8, 4) is 22.8 Å². The number of halogens is 1. The molecule has 2 aromatic heterocycles. The molecule has 5 aromatic rings. The lowest BCUT2D eigenvalue weighted by Crippen LogP contribution is -1.97. The molecule has 2 N–H and O–H groups in total. The third-order valence-corrected chi connectivity index (χ3v) is 5.40. The van der Waals surface area contributed by atoms with Crippen LogP contribution in [-0.2, 0) is 6.61 Å². The fraction of sp³-hybridized carbons (Fsp3) is 0.0417. The van der Waals surface area contributed by atoms with Gasteiger partial charge in [0.2, 0.25) is 5.95 Å². The largest absolute Gasteiger partial charge is 0.489 e. The molecule has 0 radical (unpaired) electrons. The average molecular weight is 445 g/mol. The van der Waals surface area contributed by atoms with Gasteiger partial charge < -0.3 is 14.8 Å². The van der Waals surface area contributed by atoms with Crippen LogP contribution in [0.2, 0.25) is 5.02 Å². The maximum absolute atomic E-state index is 11.1. The van der Waals surface area contributed by atoms with Crippen LogP contribution in [-0.4, -0.2) is 30.8 Å². The van der Waals surface area contributed by atoms with Gasteiger partial charge in [0.25, 0.3) is 0 Å². The first-order valence-corrected chi connectivity index (χ1v) is 10.2. The third-order valence-electron chi connectivity index (χ3n) is 5.04. The minimum atomic E-state index is -1.04. The van der Waals surface area contributed by atoms with E-state index >= 15 is 0 Å². The Balaban J connectivity index is 1.40. The summed E-state index contributed by atoms with van der Waals surface area (Å²) < 4.78 is 7.35. The minimum Gasteiger partial charge on any atom is -0.489 e. The summed E-state index contributed by atoms with van der Waals surface area (Å²) in [5.41, 5.74) is 4.57. The van der Waals surface area contributed by atoms with E-state index in [1.54, 1.807) is 0 Å². The first-order valence-electron chi connectivity index (χ1n) is 9.81. The van der Waals surface area contributed by atoms with Crippen molar-refractivity contribution in [3.05, 3.63) is 95.3 Å². The number of hydrogen-bond donors (Lipinski definition) is 2. The summed E-state index contributed by atoms with van der Waals surface area (Å²) >= 11 is 6.21. The molecule has 0 aliphatic heterocycles. The second-order valence-electron chi connectivity index (χ2n) is 7.18. The van der Waals surface area contributed by atoms with Gasteiger partial charge in [-0.1, -0.05) is 48.0 Å². The number of nitrogens with zero attached hydrogens (tertiary/aromatic N) is 3. The van der Waals surface area contributed by atoms with E-state index in [0.717, 1.165) is 33.5 Å². The van der Waals surface area contributed by atoms with Crippen LogP contribution in [0.1, 0.15) is 15.9 Å². The summed E-state index contributed by atoms with van der Waals surface area (Å²) in [6.45, 7) is 0.383. The van der Waals surface area contributed by atoms with Gasteiger partial charge in [-0.2, -0.15) is 5.10 Å². The van der Waals surface area contributed by atoms with Crippen molar-refractivity contribution in [3.63, 3.8) is 0 Å². The van der Waals surface area contributed by atoms with Crippen molar-refractivity contribution in [1.29, 1.82) is 0 Å². The number of nitrogens with one attached hydrogen (secondary N) is 1. The fourth-order valence-corrected chi connectivity index (χ4v) is 3.57. The van der Waals surface area contributed by atoms with Crippen LogP contribution >= 0.6 is 11.6 Å². The number of imidazole rings is 1.